The number of carbonyl (C=O) groups excluding carboxylic acids is 1. The summed E-state index contributed by atoms with van der Waals surface area (Å²) in [5.41, 5.74) is 0.960. The van der Waals surface area contributed by atoms with Crippen molar-refractivity contribution < 1.29 is 9.90 Å². The third-order valence-corrected chi connectivity index (χ3v) is 1.48. The topological polar surface area (TPSA) is 37.3 Å². The van der Waals surface area contributed by atoms with Crippen molar-refractivity contribution in [1.29, 1.82) is 0 Å². The zero-order chi connectivity index (χ0) is 9.52. The summed E-state index contributed by atoms with van der Waals surface area (Å²) < 4.78 is 0. The standard InChI is InChI=1S/C11H10O2/c12-9-8-11(13)7-6-10-4-2-1-3-5-10/h1-9,12H/b7-6+,9-8-. The monoisotopic (exact) mass is 174 g/mol. The van der Waals surface area contributed by atoms with Crippen LogP contribution in [0.25, 0.3) is 6.08 Å². The molecular weight excluding hydrogens is 164 g/mol. The summed E-state index contributed by atoms with van der Waals surface area (Å²) in [5.74, 6) is -0.230. The van der Waals surface area contributed by atoms with E-state index < -0.39 is 0 Å². The number of aliphatic hydroxyl groups excluding tert-OH is 1. The molecule has 0 spiro atoms. The quantitative estimate of drug-likeness (QED) is 0.564. The molecule has 2 heteroatoms. The van der Waals surface area contributed by atoms with E-state index in [0.29, 0.717) is 0 Å². The molecule has 0 aromatic heterocycles. The van der Waals surface area contributed by atoms with Gasteiger partial charge in [-0.3, -0.25) is 4.79 Å². The van der Waals surface area contributed by atoms with E-state index in [1.165, 1.54) is 6.08 Å². The molecule has 0 amide bonds. The molecule has 2 nitrogen and oxygen atoms in total. The third kappa shape index (κ3) is 3.38. The van der Waals surface area contributed by atoms with Crippen molar-refractivity contribution in [3.8, 4) is 0 Å². The molecule has 0 aliphatic heterocycles. The van der Waals surface area contributed by atoms with E-state index in [0.717, 1.165) is 17.9 Å². The second-order valence-corrected chi connectivity index (χ2v) is 2.46. The number of allylic oxidation sites excluding steroid dienone is 2. The van der Waals surface area contributed by atoms with Gasteiger partial charge in [0.1, 0.15) is 0 Å². The number of carbonyl (C=O) groups is 1. The van der Waals surface area contributed by atoms with Crippen LogP contribution >= 0.6 is 0 Å². The molecular formula is C11H10O2. The molecule has 0 bridgehead atoms. The molecule has 0 unspecified atom stereocenters. The SMILES string of the molecule is O=C(/C=C\O)/C=C/c1ccccc1. The minimum absolute atomic E-state index is 0.230. The fourth-order valence-corrected chi connectivity index (χ4v) is 0.872. The maximum Gasteiger partial charge on any atom is 0.181 e. The Kier molecular flexibility index (Phi) is 3.51. The number of benzene rings is 1. The van der Waals surface area contributed by atoms with Crippen LogP contribution in [0.5, 0.6) is 0 Å². The largest absolute Gasteiger partial charge is 0.515 e. The van der Waals surface area contributed by atoms with Crippen molar-refractivity contribution in [1.82, 2.24) is 0 Å². The van der Waals surface area contributed by atoms with Crippen LogP contribution in [0, 0.1) is 0 Å². The Balaban J connectivity index is 2.64. The summed E-state index contributed by atoms with van der Waals surface area (Å²) in [6, 6.07) is 9.49. The molecule has 0 atom stereocenters. The highest BCUT2D eigenvalue weighted by molar-refractivity contribution is 6.01. The lowest BCUT2D eigenvalue weighted by atomic mass is 10.2. The Morgan fingerprint density at radius 3 is 2.46 bits per heavy atom. The average Bonchev–Trinajstić information content (AvgIpc) is 2.17. The van der Waals surface area contributed by atoms with Crippen LogP contribution in [0.3, 0.4) is 0 Å². The molecule has 0 radical (unpaired) electrons. The van der Waals surface area contributed by atoms with E-state index in [1.54, 1.807) is 6.08 Å². The van der Waals surface area contributed by atoms with Crippen molar-refractivity contribution >= 4 is 11.9 Å². The molecule has 13 heavy (non-hydrogen) atoms. The normalized spacial score (nSPS) is 11.1. The van der Waals surface area contributed by atoms with E-state index >= 15 is 0 Å². The lowest BCUT2D eigenvalue weighted by Gasteiger charge is -1.88. The molecule has 0 aliphatic carbocycles. The van der Waals surface area contributed by atoms with Crippen molar-refractivity contribution in [3.63, 3.8) is 0 Å². The van der Waals surface area contributed by atoms with Gasteiger partial charge in [0.15, 0.2) is 5.78 Å². The Hall–Kier alpha value is -1.83. The van der Waals surface area contributed by atoms with Gasteiger partial charge < -0.3 is 5.11 Å². The minimum Gasteiger partial charge on any atom is -0.515 e. The smallest absolute Gasteiger partial charge is 0.181 e. The predicted octanol–water partition coefficient (Wildman–Crippen LogP) is 2.34. The van der Waals surface area contributed by atoms with Gasteiger partial charge in [0.2, 0.25) is 0 Å². The number of hydrogen-bond donors (Lipinski definition) is 1. The molecule has 0 fully saturated rings. The zero-order valence-electron chi connectivity index (χ0n) is 7.05. The maximum atomic E-state index is 10.9. The van der Waals surface area contributed by atoms with Crippen LogP contribution in [0.4, 0.5) is 0 Å². The third-order valence-electron chi connectivity index (χ3n) is 1.48. The van der Waals surface area contributed by atoms with Gasteiger partial charge in [0, 0.05) is 6.08 Å². The van der Waals surface area contributed by atoms with Crippen molar-refractivity contribution in [2.45, 2.75) is 0 Å². The van der Waals surface area contributed by atoms with Crippen molar-refractivity contribution in [2.75, 3.05) is 0 Å². The molecule has 0 aliphatic rings. The first kappa shape index (κ1) is 9.26. The van der Waals surface area contributed by atoms with Gasteiger partial charge in [-0.05, 0) is 11.6 Å². The molecule has 1 N–H and O–H groups in total. The van der Waals surface area contributed by atoms with Crippen LogP contribution in [-0.2, 0) is 4.79 Å². The Labute approximate surface area is 76.8 Å². The summed E-state index contributed by atoms with van der Waals surface area (Å²) in [5, 5.41) is 8.30. The fourth-order valence-electron chi connectivity index (χ4n) is 0.872. The molecule has 66 valence electrons. The number of aliphatic hydroxyl groups is 1. The van der Waals surface area contributed by atoms with E-state index in [-0.39, 0.29) is 5.78 Å². The molecule has 0 saturated heterocycles. The van der Waals surface area contributed by atoms with Crippen LogP contribution in [-0.4, -0.2) is 10.9 Å². The number of rotatable bonds is 3. The van der Waals surface area contributed by atoms with E-state index in [2.05, 4.69) is 0 Å². The second kappa shape index (κ2) is 4.93. The first-order chi connectivity index (χ1) is 6.33. The van der Waals surface area contributed by atoms with Crippen LogP contribution in [0.2, 0.25) is 0 Å². The second-order valence-electron chi connectivity index (χ2n) is 2.46. The van der Waals surface area contributed by atoms with Gasteiger partial charge in [-0.2, -0.15) is 0 Å². The molecule has 1 rings (SSSR count). The highest BCUT2D eigenvalue weighted by Crippen LogP contribution is 2.00. The van der Waals surface area contributed by atoms with Crippen LogP contribution in [0.15, 0.2) is 48.7 Å². The van der Waals surface area contributed by atoms with Gasteiger partial charge in [-0.15, -0.1) is 0 Å². The predicted molar refractivity (Wildman–Crippen MR) is 52.3 cm³/mol. The highest BCUT2D eigenvalue weighted by Gasteiger charge is 1.87. The van der Waals surface area contributed by atoms with Crippen molar-refractivity contribution in [2.24, 2.45) is 0 Å². The zero-order valence-corrected chi connectivity index (χ0v) is 7.05. The van der Waals surface area contributed by atoms with Gasteiger partial charge in [-0.1, -0.05) is 36.4 Å². The number of ketones is 1. The van der Waals surface area contributed by atoms with E-state index in [4.69, 9.17) is 5.11 Å². The summed E-state index contributed by atoms with van der Waals surface area (Å²) in [7, 11) is 0. The summed E-state index contributed by atoms with van der Waals surface area (Å²) in [6.07, 6.45) is 4.93. The Morgan fingerprint density at radius 2 is 1.85 bits per heavy atom. The first-order valence-corrected chi connectivity index (χ1v) is 3.91. The summed E-state index contributed by atoms with van der Waals surface area (Å²) in [6.45, 7) is 0. The lowest BCUT2D eigenvalue weighted by Crippen LogP contribution is -1.83. The molecule has 1 aromatic carbocycles. The van der Waals surface area contributed by atoms with Gasteiger partial charge in [0.25, 0.3) is 0 Å². The van der Waals surface area contributed by atoms with Gasteiger partial charge in [-0.25, -0.2) is 0 Å². The maximum absolute atomic E-state index is 10.9. The molecule has 1 aromatic rings. The summed E-state index contributed by atoms with van der Waals surface area (Å²) >= 11 is 0. The van der Waals surface area contributed by atoms with Gasteiger partial charge in [0.05, 0.1) is 6.26 Å². The average molecular weight is 174 g/mol. The summed E-state index contributed by atoms with van der Waals surface area (Å²) in [4.78, 5) is 10.9. The fraction of sp³-hybridized carbons (Fsp3) is 0. The Morgan fingerprint density at radius 1 is 1.15 bits per heavy atom. The minimum atomic E-state index is -0.230. The molecule has 0 heterocycles. The van der Waals surface area contributed by atoms with Crippen LogP contribution < -0.4 is 0 Å². The highest BCUT2D eigenvalue weighted by atomic mass is 16.2. The van der Waals surface area contributed by atoms with Crippen LogP contribution in [0.1, 0.15) is 5.56 Å². The van der Waals surface area contributed by atoms with E-state index in [1.807, 2.05) is 30.3 Å². The van der Waals surface area contributed by atoms with Crippen molar-refractivity contribution in [3.05, 3.63) is 54.3 Å². The van der Waals surface area contributed by atoms with E-state index in [9.17, 15) is 4.79 Å². The Bertz CT molecular complexity index is 323. The molecule has 0 saturated carbocycles. The number of hydrogen-bond acceptors (Lipinski definition) is 2. The van der Waals surface area contributed by atoms with Gasteiger partial charge >= 0.3 is 0 Å². The lowest BCUT2D eigenvalue weighted by molar-refractivity contribution is -0.110. The first-order valence-electron chi connectivity index (χ1n) is 3.91.